The molecule has 5 heteroatoms. The largest absolute Gasteiger partial charge is 0.489 e. The van der Waals surface area contributed by atoms with Gasteiger partial charge in [-0.2, -0.15) is 0 Å². The summed E-state index contributed by atoms with van der Waals surface area (Å²) in [5.41, 5.74) is 7.00. The van der Waals surface area contributed by atoms with Gasteiger partial charge in [0.25, 0.3) is 0 Å². The zero-order valence-corrected chi connectivity index (χ0v) is 12.4. The van der Waals surface area contributed by atoms with Gasteiger partial charge in [-0.3, -0.25) is 0 Å². The second kappa shape index (κ2) is 6.20. The molecular weight excluding hydrogens is 297 g/mol. The van der Waals surface area contributed by atoms with Crippen molar-refractivity contribution in [2.75, 3.05) is 0 Å². The SMILES string of the molecule is Cc1cc(OCc2cccc(C(N)=S)c2F)ccc1Cl. The van der Waals surface area contributed by atoms with Crippen LogP contribution in [0.25, 0.3) is 0 Å². The molecule has 0 spiro atoms. The molecule has 2 N–H and O–H groups in total. The molecule has 0 heterocycles. The maximum absolute atomic E-state index is 14.1. The number of benzene rings is 2. The molecule has 0 aliphatic rings. The molecule has 0 fully saturated rings. The van der Waals surface area contributed by atoms with Crippen molar-refractivity contribution in [2.24, 2.45) is 5.73 Å². The van der Waals surface area contributed by atoms with Crippen LogP contribution in [0.1, 0.15) is 16.7 Å². The average Bonchev–Trinajstić information content (AvgIpc) is 2.41. The molecule has 0 aliphatic heterocycles. The summed E-state index contributed by atoms with van der Waals surface area (Å²) >= 11 is 10.7. The van der Waals surface area contributed by atoms with Crippen LogP contribution in [0.3, 0.4) is 0 Å². The van der Waals surface area contributed by atoms with Crippen LogP contribution < -0.4 is 10.5 Å². The summed E-state index contributed by atoms with van der Waals surface area (Å²) < 4.78 is 19.7. The highest BCUT2D eigenvalue weighted by Gasteiger charge is 2.10. The first kappa shape index (κ1) is 14.8. The van der Waals surface area contributed by atoms with Crippen molar-refractivity contribution in [1.82, 2.24) is 0 Å². The normalized spacial score (nSPS) is 10.3. The van der Waals surface area contributed by atoms with Crippen LogP contribution in [0.4, 0.5) is 4.39 Å². The van der Waals surface area contributed by atoms with Gasteiger partial charge in [0.1, 0.15) is 23.2 Å². The highest BCUT2D eigenvalue weighted by Crippen LogP contribution is 2.22. The quantitative estimate of drug-likeness (QED) is 0.867. The minimum Gasteiger partial charge on any atom is -0.489 e. The molecule has 2 aromatic carbocycles. The number of hydrogen-bond acceptors (Lipinski definition) is 2. The van der Waals surface area contributed by atoms with Gasteiger partial charge in [-0.05, 0) is 36.8 Å². The Bertz CT molecular complexity index is 660. The van der Waals surface area contributed by atoms with Gasteiger partial charge in [-0.25, -0.2) is 4.39 Å². The van der Waals surface area contributed by atoms with Crippen LogP contribution in [0.15, 0.2) is 36.4 Å². The van der Waals surface area contributed by atoms with Crippen LogP contribution in [0.2, 0.25) is 5.02 Å². The van der Waals surface area contributed by atoms with E-state index in [-0.39, 0.29) is 17.2 Å². The van der Waals surface area contributed by atoms with Crippen molar-refractivity contribution >= 4 is 28.8 Å². The van der Waals surface area contributed by atoms with Crippen LogP contribution in [-0.4, -0.2) is 4.99 Å². The first-order valence-electron chi connectivity index (χ1n) is 5.95. The zero-order valence-electron chi connectivity index (χ0n) is 10.8. The van der Waals surface area contributed by atoms with Gasteiger partial charge in [0.2, 0.25) is 0 Å². The Kier molecular flexibility index (Phi) is 4.57. The second-order valence-electron chi connectivity index (χ2n) is 4.34. The molecule has 0 radical (unpaired) electrons. The average molecular weight is 310 g/mol. The van der Waals surface area contributed by atoms with Crippen LogP contribution >= 0.6 is 23.8 Å². The lowest BCUT2D eigenvalue weighted by atomic mass is 10.1. The van der Waals surface area contributed by atoms with E-state index in [9.17, 15) is 4.39 Å². The van der Waals surface area contributed by atoms with Crippen molar-refractivity contribution in [3.8, 4) is 5.75 Å². The van der Waals surface area contributed by atoms with E-state index in [1.54, 1.807) is 36.4 Å². The lowest BCUT2D eigenvalue weighted by molar-refractivity contribution is 0.299. The third kappa shape index (κ3) is 3.26. The summed E-state index contributed by atoms with van der Waals surface area (Å²) in [6.07, 6.45) is 0. The van der Waals surface area contributed by atoms with Crippen LogP contribution in [-0.2, 0) is 6.61 Å². The fourth-order valence-electron chi connectivity index (χ4n) is 1.75. The second-order valence-corrected chi connectivity index (χ2v) is 5.19. The van der Waals surface area contributed by atoms with E-state index >= 15 is 0 Å². The molecule has 104 valence electrons. The molecule has 0 amide bonds. The molecule has 0 bridgehead atoms. The van der Waals surface area contributed by atoms with Gasteiger partial charge in [-0.15, -0.1) is 0 Å². The van der Waals surface area contributed by atoms with E-state index in [1.165, 1.54) is 0 Å². The third-order valence-electron chi connectivity index (χ3n) is 2.87. The van der Waals surface area contributed by atoms with Crippen molar-refractivity contribution < 1.29 is 9.13 Å². The van der Waals surface area contributed by atoms with Gasteiger partial charge < -0.3 is 10.5 Å². The first-order chi connectivity index (χ1) is 9.49. The zero-order chi connectivity index (χ0) is 14.7. The van der Waals surface area contributed by atoms with Gasteiger partial charge >= 0.3 is 0 Å². The molecular formula is C15H13ClFNOS. The van der Waals surface area contributed by atoms with E-state index in [0.29, 0.717) is 16.3 Å². The number of thiocarbonyl (C=S) groups is 1. The summed E-state index contributed by atoms with van der Waals surface area (Å²) in [4.78, 5) is 0.0340. The number of ether oxygens (including phenoxy) is 1. The maximum Gasteiger partial charge on any atom is 0.139 e. The number of halogens is 2. The topological polar surface area (TPSA) is 35.2 Å². The molecule has 0 atom stereocenters. The molecule has 2 rings (SSSR count). The number of hydrogen-bond donors (Lipinski definition) is 1. The van der Waals surface area contributed by atoms with Crippen molar-refractivity contribution in [3.63, 3.8) is 0 Å². The van der Waals surface area contributed by atoms with Crippen molar-refractivity contribution in [1.29, 1.82) is 0 Å². The summed E-state index contributed by atoms with van der Waals surface area (Å²) in [5.74, 6) is 0.192. The minimum absolute atomic E-state index is 0.0340. The Morgan fingerprint density at radius 2 is 2.10 bits per heavy atom. The van der Waals surface area contributed by atoms with Gasteiger partial charge in [0.15, 0.2) is 0 Å². The van der Waals surface area contributed by atoms with Gasteiger partial charge in [-0.1, -0.05) is 36.0 Å². The molecule has 0 aliphatic carbocycles. The summed E-state index contributed by atoms with van der Waals surface area (Å²) in [6.45, 7) is 1.98. The number of nitrogens with two attached hydrogens (primary N) is 1. The molecule has 0 aromatic heterocycles. The van der Waals surface area contributed by atoms with Gasteiger partial charge in [0, 0.05) is 16.1 Å². The predicted octanol–water partition coefficient (Wildman–Crippen LogP) is 4.00. The Hall–Kier alpha value is -1.65. The molecule has 0 saturated heterocycles. The highest BCUT2D eigenvalue weighted by atomic mass is 35.5. The Morgan fingerprint density at radius 1 is 1.35 bits per heavy atom. The fraction of sp³-hybridized carbons (Fsp3) is 0.133. The van der Waals surface area contributed by atoms with Crippen molar-refractivity contribution in [3.05, 3.63) is 63.9 Å². The molecule has 2 nitrogen and oxygen atoms in total. The first-order valence-corrected chi connectivity index (χ1v) is 6.74. The Balaban J connectivity index is 2.17. The maximum atomic E-state index is 14.1. The fourth-order valence-corrected chi connectivity index (χ4v) is 2.02. The monoisotopic (exact) mass is 309 g/mol. The van der Waals surface area contributed by atoms with E-state index in [2.05, 4.69) is 0 Å². The number of rotatable bonds is 4. The summed E-state index contributed by atoms with van der Waals surface area (Å²) in [5, 5.41) is 0.666. The Morgan fingerprint density at radius 3 is 2.75 bits per heavy atom. The highest BCUT2D eigenvalue weighted by molar-refractivity contribution is 7.80. The summed E-state index contributed by atoms with van der Waals surface area (Å²) in [7, 11) is 0. The van der Waals surface area contributed by atoms with Crippen LogP contribution in [0.5, 0.6) is 5.75 Å². The standard InChI is InChI=1S/C15H13ClFNOS/c1-9-7-11(5-6-13(9)16)19-8-10-3-2-4-12(14(10)17)15(18)20/h2-7H,8H2,1H3,(H2,18,20). The van der Waals surface area contributed by atoms with E-state index in [4.69, 9.17) is 34.3 Å². The Labute approximate surface area is 127 Å². The molecule has 0 unspecified atom stereocenters. The number of aryl methyl sites for hydroxylation is 1. The minimum atomic E-state index is -0.439. The van der Waals surface area contributed by atoms with Crippen molar-refractivity contribution in [2.45, 2.75) is 13.5 Å². The molecule has 20 heavy (non-hydrogen) atoms. The van der Waals surface area contributed by atoms with Gasteiger partial charge in [0.05, 0.1) is 0 Å². The third-order valence-corrected chi connectivity index (χ3v) is 3.51. The van der Waals surface area contributed by atoms with E-state index < -0.39 is 5.82 Å². The molecule has 2 aromatic rings. The summed E-state index contributed by atoms with van der Waals surface area (Å²) in [6, 6.07) is 10.2. The smallest absolute Gasteiger partial charge is 0.139 e. The van der Waals surface area contributed by atoms with E-state index in [0.717, 1.165) is 5.56 Å². The lowest BCUT2D eigenvalue weighted by Gasteiger charge is -2.10. The molecule has 0 saturated carbocycles. The van der Waals surface area contributed by atoms with E-state index in [1.807, 2.05) is 6.92 Å². The van der Waals surface area contributed by atoms with Crippen LogP contribution in [0, 0.1) is 12.7 Å². The lowest BCUT2D eigenvalue weighted by Crippen LogP contribution is -2.13. The predicted molar refractivity (Wildman–Crippen MR) is 82.8 cm³/mol.